The van der Waals surface area contributed by atoms with Gasteiger partial charge < -0.3 is 15.7 Å². The van der Waals surface area contributed by atoms with Gasteiger partial charge >= 0.3 is 11.8 Å². The molecule has 140 valence electrons. The molecule has 26 heavy (non-hydrogen) atoms. The van der Waals surface area contributed by atoms with Gasteiger partial charge in [0, 0.05) is 16.5 Å². The number of nitrogens with one attached hydrogen (secondary N) is 2. The maximum atomic E-state index is 12.3. The second kappa shape index (κ2) is 8.79. The summed E-state index contributed by atoms with van der Waals surface area (Å²) in [4.78, 5) is 25.2. The lowest BCUT2D eigenvalue weighted by Crippen LogP contribution is -2.48. The van der Waals surface area contributed by atoms with Gasteiger partial charge in [0.1, 0.15) is 5.60 Å². The van der Waals surface area contributed by atoms with Crippen LogP contribution >= 0.6 is 22.7 Å². The van der Waals surface area contributed by atoms with E-state index >= 15 is 0 Å². The molecule has 3 rings (SSSR count). The monoisotopic (exact) mass is 392 g/mol. The van der Waals surface area contributed by atoms with Crippen LogP contribution in [0.3, 0.4) is 0 Å². The fourth-order valence-electron chi connectivity index (χ4n) is 3.31. The summed E-state index contributed by atoms with van der Waals surface area (Å²) in [5, 5.41) is 22.3. The maximum absolute atomic E-state index is 12.3. The minimum absolute atomic E-state index is 0.0405. The third-order valence-electron chi connectivity index (χ3n) is 4.83. The number of carbonyl (C=O) groups is 2. The van der Waals surface area contributed by atoms with E-state index in [1.807, 2.05) is 34.3 Å². The van der Waals surface area contributed by atoms with Gasteiger partial charge in [-0.3, -0.25) is 9.59 Å². The molecule has 0 radical (unpaired) electrons. The number of thiophene rings is 2. The van der Waals surface area contributed by atoms with Crippen molar-refractivity contribution in [2.45, 2.75) is 50.2 Å². The number of aliphatic hydroxyl groups is 1. The van der Waals surface area contributed by atoms with E-state index in [0.717, 1.165) is 36.1 Å². The molecule has 3 N–H and O–H groups in total. The van der Waals surface area contributed by atoms with Crippen molar-refractivity contribution in [3.05, 3.63) is 44.8 Å². The Balaban J connectivity index is 1.62. The topological polar surface area (TPSA) is 78.4 Å². The van der Waals surface area contributed by atoms with E-state index in [0.29, 0.717) is 0 Å². The quantitative estimate of drug-likeness (QED) is 0.541. The number of rotatable bonds is 5. The Labute approximate surface area is 161 Å². The molecular weight excluding hydrogens is 368 g/mol. The van der Waals surface area contributed by atoms with Gasteiger partial charge in [0.15, 0.2) is 0 Å². The summed E-state index contributed by atoms with van der Waals surface area (Å²) < 4.78 is 0. The maximum Gasteiger partial charge on any atom is 0.309 e. The zero-order valence-corrected chi connectivity index (χ0v) is 16.2. The zero-order chi connectivity index (χ0) is 18.4. The molecule has 0 saturated heterocycles. The fourth-order valence-corrected chi connectivity index (χ4v) is 4.88. The second-order valence-corrected chi connectivity index (χ2v) is 8.42. The first-order chi connectivity index (χ1) is 12.6. The normalized spacial score (nSPS) is 17.9. The van der Waals surface area contributed by atoms with Gasteiger partial charge in [-0.1, -0.05) is 31.7 Å². The predicted molar refractivity (Wildman–Crippen MR) is 104 cm³/mol. The van der Waals surface area contributed by atoms with E-state index in [2.05, 4.69) is 10.6 Å². The van der Waals surface area contributed by atoms with Gasteiger partial charge in [-0.2, -0.15) is 11.3 Å². The molecule has 1 unspecified atom stereocenters. The van der Waals surface area contributed by atoms with Gasteiger partial charge in [-0.15, -0.1) is 11.3 Å². The highest BCUT2D eigenvalue weighted by Crippen LogP contribution is 2.33. The molecule has 1 atom stereocenters. The van der Waals surface area contributed by atoms with Crippen molar-refractivity contribution in [3.8, 4) is 0 Å². The molecule has 2 heterocycles. The van der Waals surface area contributed by atoms with Crippen molar-refractivity contribution in [1.82, 2.24) is 10.6 Å². The second-order valence-electron chi connectivity index (χ2n) is 6.69. The third-order valence-corrected chi connectivity index (χ3v) is 6.53. The van der Waals surface area contributed by atoms with E-state index in [1.165, 1.54) is 35.5 Å². The van der Waals surface area contributed by atoms with E-state index in [1.54, 1.807) is 0 Å². The molecule has 2 aromatic heterocycles. The summed E-state index contributed by atoms with van der Waals surface area (Å²) in [6.45, 7) is -0.0405. The van der Waals surface area contributed by atoms with Crippen molar-refractivity contribution >= 4 is 34.5 Å². The number of amides is 2. The Morgan fingerprint density at radius 3 is 2.50 bits per heavy atom. The van der Waals surface area contributed by atoms with Gasteiger partial charge in [-0.05, 0) is 41.1 Å². The van der Waals surface area contributed by atoms with Crippen molar-refractivity contribution in [3.63, 3.8) is 0 Å². The van der Waals surface area contributed by atoms with Gasteiger partial charge in [-0.25, -0.2) is 0 Å². The Kier molecular flexibility index (Phi) is 6.45. The van der Waals surface area contributed by atoms with Crippen molar-refractivity contribution in [2.24, 2.45) is 0 Å². The van der Waals surface area contributed by atoms with Crippen LogP contribution < -0.4 is 10.6 Å². The Morgan fingerprint density at radius 1 is 1.12 bits per heavy atom. The van der Waals surface area contributed by atoms with E-state index in [9.17, 15) is 14.7 Å². The smallest absolute Gasteiger partial charge is 0.309 e. The van der Waals surface area contributed by atoms with Gasteiger partial charge in [0.2, 0.25) is 0 Å². The number of carbonyl (C=O) groups excluding carboxylic acids is 2. The van der Waals surface area contributed by atoms with E-state index < -0.39 is 17.4 Å². The van der Waals surface area contributed by atoms with Crippen LogP contribution in [-0.4, -0.2) is 29.5 Å². The highest BCUT2D eigenvalue weighted by molar-refractivity contribution is 7.10. The van der Waals surface area contributed by atoms with Crippen molar-refractivity contribution in [2.75, 3.05) is 6.54 Å². The summed E-state index contributed by atoms with van der Waals surface area (Å²) in [6.07, 6.45) is 6.39. The van der Waals surface area contributed by atoms with Crippen molar-refractivity contribution < 1.29 is 14.7 Å². The minimum atomic E-state index is -1.33. The van der Waals surface area contributed by atoms with Crippen LogP contribution in [0.15, 0.2) is 34.3 Å². The molecule has 2 amide bonds. The highest BCUT2D eigenvalue weighted by atomic mass is 32.1. The summed E-state index contributed by atoms with van der Waals surface area (Å²) in [5.74, 6) is -1.31. The molecular formula is C19H24N2O3S2. The van der Waals surface area contributed by atoms with Crippen LogP contribution in [-0.2, 0) is 15.2 Å². The average molecular weight is 393 g/mol. The Morgan fingerprint density at radius 2 is 1.88 bits per heavy atom. The summed E-state index contributed by atoms with van der Waals surface area (Å²) in [7, 11) is 0. The van der Waals surface area contributed by atoms with Crippen LogP contribution in [0, 0.1) is 0 Å². The third kappa shape index (κ3) is 4.52. The molecule has 0 aliphatic heterocycles. The van der Waals surface area contributed by atoms with Gasteiger partial charge in [0.05, 0.1) is 6.54 Å². The summed E-state index contributed by atoms with van der Waals surface area (Å²) >= 11 is 2.90. The Bertz CT molecular complexity index is 671. The summed E-state index contributed by atoms with van der Waals surface area (Å²) in [6, 6.07) is 5.60. The van der Waals surface area contributed by atoms with Crippen molar-refractivity contribution in [1.29, 1.82) is 0 Å². The molecule has 0 spiro atoms. The van der Waals surface area contributed by atoms with Crippen LogP contribution in [0.1, 0.15) is 49.0 Å². The molecule has 1 saturated carbocycles. The number of hydrogen-bond donors (Lipinski definition) is 3. The predicted octanol–water partition coefficient (Wildman–Crippen LogP) is 3.00. The van der Waals surface area contributed by atoms with E-state index in [4.69, 9.17) is 0 Å². The lowest BCUT2D eigenvalue weighted by Gasteiger charge is -2.27. The number of hydrogen-bond acceptors (Lipinski definition) is 5. The molecule has 1 fully saturated rings. The molecule has 0 aromatic carbocycles. The summed E-state index contributed by atoms with van der Waals surface area (Å²) in [5.41, 5.74) is -0.610. The average Bonchev–Trinajstić information content (AvgIpc) is 3.32. The van der Waals surface area contributed by atoms with E-state index in [-0.39, 0.29) is 12.6 Å². The molecule has 0 bridgehead atoms. The first-order valence-electron chi connectivity index (χ1n) is 8.97. The first-order valence-corrected chi connectivity index (χ1v) is 10.8. The van der Waals surface area contributed by atoms with Crippen LogP contribution in [0.2, 0.25) is 0 Å². The molecule has 1 aliphatic rings. The molecule has 7 heteroatoms. The largest absolute Gasteiger partial charge is 0.378 e. The standard InChI is InChI=1S/C19H24N2O3S2/c22-17(18(23)21-15-6-3-1-2-4-7-15)20-13-19(24,14-9-11-25-12-14)16-8-5-10-26-16/h5,8-12,15,24H,1-4,6-7,13H2,(H,20,22)(H,21,23). The molecule has 1 aliphatic carbocycles. The fraction of sp³-hybridized carbons (Fsp3) is 0.474. The van der Waals surface area contributed by atoms with Crippen LogP contribution in [0.4, 0.5) is 0 Å². The van der Waals surface area contributed by atoms with Crippen LogP contribution in [0.5, 0.6) is 0 Å². The lowest BCUT2D eigenvalue weighted by atomic mass is 9.94. The van der Waals surface area contributed by atoms with Gasteiger partial charge in [0.25, 0.3) is 0 Å². The Hall–Kier alpha value is -1.70. The zero-order valence-electron chi connectivity index (χ0n) is 14.6. The molecule has 2 aromatic rings. The van der Waals surface area contributed by atoms with Crippen LogP contribution in [0.25, 0.3) is 0 Å². The SMILES string of the molecule is O=C(NCC(O)(c1ccsc1)c1cccs1)C(=O)NC1CCCCCC1. The first kappa shape index (κ1) is 19.1. The highest BCUT2D eigenvalue weighted by Gasteiger charge is 2.34. The lowest BCUT2D eigenvalue weighted by molar-refractivity contribution is -0.140. The molecule has 5 nitrogen and oxygen atoms in total. The minimum Gasteiger partial charge on any atom is -0.378 e.